The molecule has 0 aliphatic carbocycles. The fraction of sp³-hybridized carbons (Fsp3) is 0.562. The van der Waals surface area contributed by atoms with Crippen LogP contribution in [0.1, 0.15) is 96.6 Å². The Bertz CT molecular complexity index is 2360. The summed E-state index contributed by atoms with van der Waals surface area (Å²) in [5.74, 6) is 2.16. The monoisotopic (exact) mass is 995 g/mol. The van der Waals surface area contributed by atoms with Gasteiger partial charge in [-0.05, 0) is 82.6 Å². The van der Waals surface area contributed by atoms with E-state index in [-0.39, 0.29) is 75.0 Å². The molecule has 2 amide bonds. The zero-order valence-corrected chi connectivity index (χ0v) is 40.4. The summed E-state index contributed by atoms with van der Waals surface area (Å²) in [4.78, 5) is 63.5. The first kappa shape index (κ1) is 53.7. The summed E-state index contributed by atoms with van der Waals surface area (Å²) in [5.41, 5.74) is 6.62. The predicted molar refractivity (Wildman–Crippen MR) is 253 cm³/mol. The molecule has 19 nitrogen and oxygen atoms in total. The van der Waals surface area contributed by atoms with Crippen LogP contribution in [0.3, 0.4) is 0 Å². The van der Waals surface area contributed by atoms with E-state index in [0.29, 0.717) is 55.5 Å². The second kappa shape index (κ2) is 24.9. The van der Waals surface area contributed by atoms with Gasteiger partial charge in [-0.1, -0.05) is 47.7 Å². The number of hydrogen-bond donors (Lipinski definition) is 4. The van der Waals surface area contributed by atoms with Gasteiger partial charge in [-0.2, -0.15) is 0 Å². The molecule has 0 saturated carbocycles. The maximum Gasteiger partial charge on any atom is 0.306 e. The standard InChI is InChI=1S/C48H63F2N9O10S/c1-4-48(3,51)70-40-17-19-58(46(40)65)20-18-53-42(61)15-16-44(63)67-29-39-45(64)32(13-14-37(54-56-52)30-8-5-10-33(49)22-30)26-47(2,69-39)41-25-35(24-36(68-41)28-66-43(62)12-7-21-60)59-27-38(55-57-59)31-9-6-11-34(50)23-31/h5-6,8-11,14,21-23,27,32,35-36,39-41,45,64H,4,7,12-13,15-20,24-26,28-29,51H2,1-3H3,(H2,52,54)(H,53,61)/b37-14-/t32-,35?,36?,39-,40?,41?,45-,47+,48?/m1/s1. The van der Waals surface area contributed by atoms with Crippen molar-refractivity contribution >= 4 is 47.5 Å². The van der Waals surface area contributed by atoms with Gasteiger partial charge in [-0.3, -0.25) is 19.2 Å². The zero-order chi connectivity index (χ0) is 50.4. The molecule has 0 radical (unpaired) electrons. The Labute approximate surface area is 409 Å². The maximum absolute atomic E-state index is 14.3. The number of allylic oxidation sites excluding steroid dienone is 1. The van der Waals surface area contributed by atoms with E-state index in [0.717, 1.165) is 0 Å². The smallest absolute Gasteiger partial charge is 0.306 e. The van der Waals surface area contributed by atoms with Gasteiger partial charge >= 0.3 is 11.9 Å². The molecule has 4 heterocycles. The number of aliphatic hydroxyl groups is 1. The van der Waals surface area contributed by atoms with Crippen molar-refractivity contribution in [3.8, 4) is 11.3 Å². The van der Waals surface area contributed by atoms with Crippen LogP contribution in [-0.2, 0) is 42.9 Å². The maximum atomic E-state index is 14.3. The van der Waals surface area contributed by atoms with Gasteiger partial charge < -0.3 is 50.6 Å². The van der Waals surface area contributed by atoms with Crippen LogP contribution >= 0.6 is 11.8 Å². The number of nitrogens with two attached hydrogens (primary N) is 2. The van der Waals surface area contributed by atoms with E-state index in [9.17, 15) is 37.9 Å². The Morgan fingerprint density at radius 1 is 1.09 bits per heavy atom. The van der Waals surface area contributed by atoms with E-state index >= 15 is 0 Å². The zero-order valence-electron chi connectivity index (χ0n) is 39.6. The average Bonchev–Trinajstić information content (AvgIpc) is 3.97. The van der Waals surface area contributed by atoms with Crippen molar-refractivity contribution in [2.24, 2.45) is 27.8 Å². The Kier molecular flexibility index (Phi) is 19.1. The first-order chi connectivity index (χ1) is 33.5. The third-order valence-electron chi connectivity index (χ3n) is 12.8. The number of nitrogens with zero attached hydrogens (tertiary/aromatic N) is 6. The molecule has 2 aromatic carbocycles. The largest absolute Gasteiger partial charge is 0.463 e. The molecule has 1 aromatic heterocycles. The minimum Gasteiger partial charge on any atom is -0.463 e. The number of carbonyl (C=O) groups excluding carboxylic acids is 5. The minimum atomic E-state index is -1.23. The van der Waals surface area contributed by atoms with Gasteiger partial charge in [0.25, 0.3) is 0 Å². The van der Waals surface area contributed by atoms with Crippen LogP contribution in [0.5, 0.6) is 0 Å². The molecule has 380 valence electrons. The number of likely N-dealkylation sites (tertiary alicyclic amines) is 1. The summed E-state index contributed by atoms with van der Waals surface area (Å²) in [7, 11) is 0. The van der Waals surface area contributed by atoms with E-state index < -0.39 is 82.9 Å². The fourth-order valence-corrected chi connectivity index (χ4v) is 10.2. The van der Waals surface area contributed by atoms with Gasteiger partial charge in [0.1, 0.15) is 42.9 Å². The number of carbonyl (C=O) groups is 5. The van der Waals surface area contributed by atoms with Crippen LogP contribution in [-0.4, -0.2) is 128 Å². The number of hydrogen-bond acceptors (Lipinski definition) is 16. The Morgan fingerprint density at radius 2 is 1.83 bits per heavy atom. The van der Waals surface area contributed by atoms with Crippen molar-refractivity contribution in [2.45, 2.75) is 131 Å². The highest BCUT2D eigenvalue weighted by Crippen LogP contribution is 2.44. The summed E-state index contributed by atoms with van der Waals surface area (Å²) in [6, 6.07) is 11.2. The number of ether oxygens (including phenoxy) is 4. The molecule has 22 heteroatoms. The van der Waals surface area contributed by atoms with Crippen molar-refractivity contribution in [1.82, 2.24) is 25.2 Å². The summed E-state index contributed by atoms with van der Waals surface area (Å²) >= 11 is 1.46. The first-order valence-electron chi connectivity index (χ1n) is 23.5. The van der Waals surface area contributed by atoms with Crippen LogP contribution in [0.4, 0.5) is 8.78 Å². The van der Waals surface area contributed by atoms with E-state index in [2.05, 4.69) is 26.0 Å². The molecule has 6 rings (SSSR count). The number of nitrogens with one attached hydrogen (secondary N) is 1. The molecule has 6 N–H and O–H groups in total. The van der Waals surface area contributed by atoms with Crippen molar-refractivity contribution in [3.05, 3.63) is 78.0 Å². The molecule has 9 atom stereocenters. The number of aliphatic hydroxyl groups excluding tert-OH is 1. The molecular formula is C48H63F2N9O10S. The Balaban J connectivity index is 1.16. The van der Waals surface area contributed by atoms with Gasteiger partial charge in [-0.15, -0.1) is 22.0 Å². The molecule has 3 fully saturated rings. The first-order valence-corrected chi connectivity index (χ1v) is 24.4. The molecule has 0 bridgehead atoms. The summed E-state index contributed by atoms with van der Waals surface area (Å²) in [6.45, 7) is 6.19. The van der Waals surface area contributed by atoms with Gasteiger partial charge in [0, 0.05) is 43.6 Å². The molecule has 3 aromatic rings. The van der Waals surface area contributed by atoms with Crippen LogP contribution in [0, 0.1) is 17.6 Å². The Morgan fingerprint density at radius 3 is 2.56 bits per heavy atom. The van der Waals surface area contributed by atoms with Crippen LogP contribution in [0.25, 0.3) is 17.0 Å². The summed E-state index contributed by atoms with van der Waals surface area (Å²) in [5, 5.41) is 30.6. The molecule has 5 unspecified atom stereocenters. The molecular weight excluding hydrogens is 933 g/mol. The average molecular weight is 996 g/mol. The summed E-state index contributed by atoms with van der Waals surface area (Å²) in [6.07, 6.45) is 1.88. The quantitative estimate of drug-likeness (QED) is 0.0244. The van der Waals surface area contributed by atoms with E-state index in [1.165, 1.54) is 42.1 Å². The van der Waals surface area contributed by atoms with Gasteiger partial charge in [-0.25, -0.2) is 13.5 Å². The van der Waals surface area contributed by atoms with Gasteiger partial charge in [0.15, 0.2) is 0 Å². The summed E-state index contributed by atoms with van der Waals surface area (Å²) < 4.78 is 54.7. The molecule has 3 aliphatic heterocycles. The number of thioether (sulfide) groups is 1. The predicted octanol–water partition coefficient (Wildman–Crippen LogP) is 4.97. The van der Waals surface area contributed by atoms with E-state index in [4.69, 9.17) is 30.5 Å². The number of esters is 2. The number of rotatable bonds is 23. The SMILES string of the molecule is CCC(C)(N)SC1CCN(CCNC(=O)CCC(=O)OC[C@H]2O[C@](C)(C3CC(n4cc(-c5cccc(F)c5)nn4)CC(COC(=O)CCC=O)O3)C[C@@H](C/C=C(\N=N/N)c3cccc(F)c3)[C@H]2O)C1=O. The van der Waals surface area contributed by atoms with Crippen molar-refractivity contribution < 1.29 is 56.8 Å². The van der Waals surface area contributed by atoms with Gasteiger partial charge in [0.05, 0.1) is 64.8 Å². The highest BCUT2D eigenvalue weighted by molar-refractivity contribution is 8.01. The van der Waals surface area contributed by atoms with Crippen LogP contribution in [0.2, 0.25) is 0 Å². The number of aromatic nitrogens is 3. The van der Waals surface area contributed by atoms with Crippen molar-refractivity contribution in [3.63, 3.8) is 0 Å². The highest BCUT2D eigenvalue weighted by atomic mass is 32.2. The lowest BCUT2D eigenvalue weighted by Crippen LogP contribution is -2.59. The van der Waals surface area contributed by atoms with E-state index in [1.807, 2.05) is 13.8 Å². The fourth-order valence-electron chi connectivity index (χ4n) is 8.87. The highest BCUT2D eigenvalue weighted by Gasteiger charge is 2.51. The Hall–Kier alpha value is -5.68. The third-order valence-corrected chi connectivity index (χ3v) is 14.4. The number of aldehydes is 1. The van der Waals surface area contributed by atoms with Crippen LogP contribution in [0.15, 0.2) is 71.1 Å². The lowest BCUT2D eigenvalue weighted by atomic mass is 9.75. The second-order valence-corrected chi connectivity index (χ2v) is 20.0. The van der Waals surface area contributed by atoms with Crippen molar-refractivity contribution in [2.75, 3.05) is 32.8 Å². The van der Waals surface area contributed by atoms with E-state index in [1.54, 1.807) is 47.0 Å². The van der Waals surface area contributed by atoms with Crippen molar-refractivity contribution in [1.29, 1.82) is 0 Å². The van der Waals surface area contributed by atoms with Crippen LogP contribution < -0.4 is 16.9 Å². The molecule has 0 spiro atoms. The second-order valence-electron chi connectivity index (χ2n) is 18.2. The normalized spacial score (nSPS) is 25.9. The number of benzene rings is 2. The minimum absolute atomic E-state index is 0.00869. The molecule has 70 heavy (non-hydrogen) atoms. The van der Waals surface area contributed by atoms with Gasteiger partial charge in [0.2, 0.25) is 11.8 Å². The topological polar surface area (TPSA) is 265 Å². The number of halogens is 2. The third kappa shape index (κ3) is 14.9. The lowest BCUT2D eigenvalue weighted by molar-refractivity contribution is -0.262. The molecule has 3 saturated heterocycles. The number of amides is 2. The lowest BCUT2D eigenvalue weighted by Gasteiger charge is -2.51. The molecule has 3 aliphatic rings.